The zero-order valence-corrected chi connectivity index (χ0v) is 16.1. The lowest BCUT2D eigenvalue weighted by Gasteiger charge is -2.20. The Morgan fingerprint density at radius 3 is 2.62 bits per heavy atom. The van der Waals surface area contributed by atoms with Crippen molar-refractivity contribution in [1.29, 1.82) is 0 Å². The number of hydrogen-bond acceptors (Lipinski definition) is 4. The zero-order chi connectivity index (χ0) is 18.8. The minimum absolute atomic E-state index is 0.0577. The van der Waals surface area contributed by atoms with Crippen molar-refractivity contribution in [3.05, 3.63) is 46.0 Å². The van der Waals surface area contributed by atoms with E-state index in [1.54, 1.807) is 13.8 Å². The highest BCUT2D eigenvalue weighted by molar-refractivity contribution is 6.35. The first kappa shape index (κ1) is 18.6. The van der Waals surface area contributed by atoms with Crippen LogP contribution in [0, 0.1) is 12.8 Å². The SMILES string of the molecule is CC1=C(C)C(=O)CC(CNc2cc(Cl)c3cc(C)ccc3n2)CCC1=O. The van der Waals surface area contributed by atoms with Crippen LogP contribution in [-0.2, 0) is 9.59 Å². The summed E-state index contributed by atoms with van der Waals surface area (Å²) in [6.45, 7) is 6.11. The molecule has 4 nitrogen and oxygen atoms in total. The molecular weight excluding hydrogens is 348 g/mol. The first-order valence-corrected chi connectivity index (χ1v) is 9.27. The van der Waals surface area contributed by atoms with Gasteiger partial charge in [-0.25, -0.2) is 4.98 Å². The summed E-state index contributed by atoms with van der Waals surface area (Å²) < 4.78 is 0. The van der Waals surface area contributed by atoms with Gasteiger partial charge in [-0.3, -0.25) is 9.59 Å². The van der Waals surface area contributed by atoms with Crippen LogP contribution in [0.5, 0.6) is 0 Å². The van der Waals surface area contributed by atoms with Gasteiger partial charge in [0.05, 0.1) is 10.5 Å². The van der Waals surface area contributed by atoms with Crippen molar-refractivity contribution < 1.29 is 9.59 Å². The second-order valence-electron chi connectivity index (χ2n) is 7.10. The van der Waals surface area contributed by atoms with Gasteiger partial charge in [0.1, 0.15) is 5.82 Å². The average Bonchev–Trinajstić information content (AvgIpc) is 2.62. The number of Topliss-reactive ketones (excluding diaryl/α,β-unsaturated/α-hetero) is 2. The summed E-state index contributed by atoms with van der Waals surface area (Å²) in [6, 6.07) is 7.79. The van der Waals surface area contributed by atoms with E-state index in [1.807, 2.05) is 31.2 Å². The number of nitrogens with one attached hydrogen (secondary N) is 1. The molecule has 2 aromatic rings. The molecule has 1 aliphatic rings. The van der Waals surface area contributed by atoms with Crippen LogP contribution in [0.4, 0.5) is 5.82 Å². The molecule has 3 rings (SSSR count). The third kappa shape index (κ3) is 3.96. The molecule has 1 aliphatic carbocycles. The van der Waals surface area contributed by atoms with Gasteiger partial charge in [-0.05, 0) is 62.5 Å². The number of ketones is 2. The number of halogens is 1. The predicted molar refractivity (Wildman–Crippen MR) is 106 cm³/mol. The van der Waals surface area contributed by atoms with E-state index in [4.69, 9.17) is 11.6 Å². The molecule has 0 spiro atoms. The van der Waals surface area contributed by atoms with Gasteiger partial charge in [0.15, 0.2) is 11.6 Å². The van der Waals surface area contributed by atoms with Gasteiger partial charge >= 0.3 is 0 Å². The van der Waals surface area contributed by atoms with Crippen LogP contribution in [-0.4, -0.2) is 23.1 Å². The molecule has 1 N–H and O–H groups in total. The number of carbonyl (C=O) groups is 2. The van der Waals surface area contributed by atoms with Crippen molar-refractivity contribution in [2.75, 3.05) is 11.9 Å². The topological polar surface area (TPSA) is 59.1 Å². The quantitative estimate of drug-likeness (QED) is 0.836. The molecule has 0 amide bonds. The Balaban J connectivity index is 1.74. The number of pyridine rings is 1. The number of anilines is 1. The fourth-order valence-electron chi connectivity index (χ4n) is 3.27. The maximum absolute atomic E-state index is 12.3. The molecule has 1 aromatic heterocycles. The molecule has 0 bridgehead atoms. The van der Waals surface area contributed by atoms with Gasteiger partial charge in [-0.1, -0.05) is 23.2 Å². The number of benzene rings is 1. The maximum atomic E-state index is 12.3. The fourth-order valence-corrected chi connectivity index (χ4v) is 3.53. The second-order valence-corrected chi connectivity index (χ2v) is 7.50. The van der Waals surface area contributed by atoms with Crippen molar-refractivity contribution in [3.8, 4) is 0 Å². The standard InChI is InChI=1S/C21H23ClN2O2/c1-12-4-6-18-16(8-12)17(22)10-21(24-18)23-11-15-5-7-19(25)13(2)14(3)20(26)9-15/h4,6,8,10,15H,5,7,9,11H2,1-3H3,(H,23,24). The second kappa shape index (κ2) is 7.58. The summed E-state index contributed by atoms with van der Waals surface area (Å²) in [5.74, 6) is 0.921. The van der Waals surface area contributed by atoms with E-state index in [0.29, 0.717) is 47.8 Å². The summed E-state index contributed by atoms with van der Waals surface area (Å²) in [5.41, 5.74) is 3.18. The van der Waals surface area contributed by atoms with Crippen molar-refractivity contribution in [2.24, 2.45) is 5.92 Å². The number of rotatable bonds is 3. The van der Waals surface area contributed by atoms with Gasteiger partial charge in [0, 0.05) is 24.8 Å². The average molecular weight is 371 g/mol. The van der Waals surface area contributed by atoms with E-state index < -0.39 is 0 Å². The molecule has 136 valence electrons. The van der Waals surface area contributed by atoms with Crippen molar-refractivity contribution in [1.82, 2.24) is 4.98 Å². The van der Waals surface area contributed by atoms with Crippen molar-refractivity contribution in [2.45, 2.75) is 40.0 Å². The van der Waals surface area contributed by atoms with Crippen LogP contribution < -0.4 is 5.32 Å². The van der Waals surface area contributed by atoms with E-state index >= 15 is 0 Å². The van der Waals surface area contributed by atoms with E-state index in [9.17, 15) is 9.59 Å². The Morgan fingerprint density at radius 2 is 1.85 bits per heavy atom. The summed E-state index contributed by atoms with van der Waals surface area (Å²) in [5, 5.41) is 4.88. The van der Waals surface area contributed by atoms with Crippen molar-refractivity contribution in [3.63, 3.8) is 0 Å². The minimum Gasteiger partial charge on any atom is -0.370 e. The first-order valence-electron chi connectivity index (χ1n) is 8.90. The van der Waals surface area contributed by atoms with Crippen LogP contribution in [0.1, 0.15) is 38.7 Å². The smallest absolute Gasteiger partial charge is 0.159 e. The molecule has 0 fully saturated rings. The summed E-state index contributed by atoms with van der Waals surface area (Å²) in [6.07, 6.45) is 1.63. The molecule has 0 saturated heterocycles. The van der Waals surface area contributed by atoms with Crippen LogP contribution in [0.15, 0.2) is 35.4 Å². The first-order chi connectivity index (χ1) is 12.3. The van der Waals surface area contributed by atoms with Gasteiger partial charge < -0.3 is 5.32 Å². The molecule has 1 heterocycles. The Bertz CT molecular complexity index is 918. The highest BCUT2D eigenvalue weighted by Gasteiger charge is 2.23. The summed E-state index contributed by atoms with van der Waals surface area (Å²) in [4.78, 5) is 29.0. The minimum atomic E-state index is 0.0577. The van der Waals surface area contributed by atoms with Gasteiger partial charge in [0.2, 0.25) is 0 Å². The number of hydrogen-bond donors (Lipinski definition) is 1. The predicted octanol–water partition coefficient (Wildman–Crippen LogP) is 4.88. The number of fused-ring (bicyclic) bond motifs is 1. The van der Waals surface area contributed by atoms with Crippen LogP contribution >= 0.6 is 11.6 Å². The highest BCUT2D eigenvalue weighted by Crippen LogP contribution is 2.27. The van der Waals surface area contributed by atoms with E-state index in [2.05, 4.69) is 10.3 Å². The molecular formula is C21H23ClN2O2. The lowest BCUT2D eigenvalue weighted by Crippen LogP contribution is -2.23. The molecule has 0 saturated carbocycles. The maximum Gasteiger partial charge on any atom is 0.159 e. The Morgan fingerprint density at radius 1 is 1.12 bits per heavy atom. The monoisotopic (exact) mass is 370 g/mol. The molecule has 1 unspecified atom stereocenters. The highest BCUT2D eigenvalue weighted by atomic mass is 35.5. The number of carbonyl (C=O) groups excluding carboxylic acids is 2. The third-order valence-corrected chi connectivity index (χ3v) is 5.45. The molecule has 0 radical (unpaired) electrons. The zero-order valence-electron chi connectivity index (χ0n) is 15.4. The lowest BCUT2D eigenvalue weighted by atomic mass is 9.87. The van der Waals surface area contributed by atoms with E-state index in [1.165, 1.54) is 0 Å². The Kier molecular flexibility index (Phi) is 5.42. The van der Waals surface area contributed by atoms with Crippen molar-refractivity contribution >= 4 is 39.9 Å². The largest absolute Gasteiger partial charge is 0.370 e. The molecule has 26 heavy (non-hydrogen) atoms. The molecule has 1 aromatic carbocycles. The fraction of sp³-hybridized carbons (Fsp3) is 0.381. The number of aryl methyl sites for hydroxylation is 1. The van der Waals surface area contributed by atoms with E-state index in [-0.39, 0.29) is 17.5 Å². The summed E-state index contributed by atoms with van der Waals surface area (Å²) in [7, 11) is 0. The van der Waals surface area contributed by atoms with E-state index in [0.717, 1.165) is 16.5 Å². The molecule has 1 atom stereocenters. The van der Waals surface area contributed by atoms with Gasteiger partial charge in [-0.2, -0.15) is 0 Å². The van der Waals surface area contributed by atoms with Crippen LogP contribution in [0.3, 0.4) is 0 Å². The van der Waals surface area contributed by atoms with Crippen LogP contribution in [0.25, 0.3) is 10.9 Å². The molecule has 5 heteroatoms. The number of allylic oxidation sites excluding steroid dienone is 2. The number of nitrogens with zero attached hydrogens (tertiary/aromatic N) is 1. The summed E-state index contributed by atoms with van der Waals surface area (Å²) >= 11 is 6.40. The normalized spacial score (nSPS) is 18.8. The van der Waals surface area contributed by atoms with Gasteiger partial charge in [0.25, 0.3) is 0 Å². The molecule has 0 aliphatic heterocycles. The third-order valence-electron chi connectivity index (χ3n) is 5.14. The van der Waals surface area contributed by atoms with Crippen LogP contribution in [0.2, 0.25) is 5.02 Å². The van der Waals surface area contributed by atoms with Gasteiger partial charge in [-0.15, -0.1) is 0 Å². The lowest BCUT2D eigenvalue weighted by molar-refractivity contribution is -0.120. The number of aromatic nitrogens is 1. The Hall–Kier alpha value is -2.20. The Labute approximate surface area is 158 Å².